The van der Waals surface area contributed by atoms with Crippen LogP contribution in [0.3, 0.4) is 0 Å². The smallest absolute Gasteiger partial charge is 0.225 e. The fourth-order valence-corrected chi connectivity index (χ4v) is 1.62. The molecule has 0 spiro atoms. The molecule has 1 aliphatic rings. The zero-order valence-electron chi connectivity index (χ0n) is 8.15. The van der Waals surface area contributed by atoms with E-state index in [-0.39, 0.29) is 23.8 Å². The first-order chi connectivity index (χ1) is 6.84. The van der Waals surface area contributed by atoms with Gasteiger partial charge in [-0.05, 0) is 31.0 Å². The van der Waals surface area contributed by atoms with E-state index in [1.165, 1.54) is 0 Å². The Morgan fingerprint density at radius 2 is 2.40 bits per heavy atom. The predicted molar refractivity (Wildman–Crippen MR) is 60.8 cm³/mol. The summed E-state index contributed by atoms with van der Waals surface area (Å²) < 4.78 is 5.64. The van der Waals surface area contributed by atoms with Crippen LogP contribution < -0.4 is 10.1 Å². The lowest BCUT2D eigenvalue weighted by molar-refractivity contribution is 0.160. The second-order valence-corrected chi connectivity index (χ2v) is 3.59. The lowest BCUT2D eigenvalue weighted by Crippen LogP contribution is -2.37. The Labute approximate surface area is 99.8 Å². The van der Waals surface area contributed by atoms with Gasteiger partial charge in [0.15, 0.2) is 0 Å². The Morgan fingerprint density at radius 3 is 3.07 bits per heavy atom. The summed E-state index contributed by atoms with van der Waals surface area (Å²) in [6, 6.07) is 1.72. The third kappa shape index (κ3) is 3.81. The van der Waals surface area contributed by atoms with Crippen molar-refractivity contribution in [3.63, 3.8) is 0 Å². The van der Waals surface area contributed by atoms with Gasteiger partial charge in [0.1, 0.15) is 6.10 Å². The summed E-state index contributed by atoms with van der Waals surface area (Å²) >= 11 is 5.64. The summed E-state index contributed by atoms with van der Waals surface area (Å²) in [5.41, 5.74) is 0. The van der Waals surface area contributed by atoms with Gasteiger partial charge < -0.3 is 10.1 Å². The summed E-state index contributed by atoms with van der Waals surface area (Å²) in [5, 5.41) is 3.50. The SMILES string of the molecule is Cl.Clc1nccc(OC2CCCNC2)n1. The number of hydrogen-bond donors (Lipinski definition) is 1. The van der Waals surface area contributed by atoms with E-state index in [1.807, 2.05) is 0 Å². The summed E-state index contributed by atoms with van der Waals surface area (Å²) in [5.74, 6) is 0.554. The van der Waals surface area contributed by atoms with Crippen molar-refractivity contribution < 1.29 is 4.74 Å². The minimum atomic E-state index is 0. The van der Waals surface area contributed by atoms with E-state index in [0.29, 0.717) is 5.88 Å². The molecule has 6 heteroatoms. The van der Waals surface area contributed by atoms with Gasteiger partial charge in [-0.3, -0.25) is 0 Å². The molecular formula is C9H13Cl2N3O. The Bertz CT molecular complexity index is 305. The summed E-state index contributed by atoms with van der Waals surface area (Å²) in [6.07, 6.45) is 4.01. The Balaban J connectivity index is 0.00000112. The second-order valence-electron chi connectivity index (χ2n) is 3.25. The van der Waals surface area contributed by atoms with Crippen molar-refractivity contribution in [2.75, 3.05) is 13.1 Å². The lowest BCUT2D eigenvalue weighted by Gasteiger charge is -2.23. The number of hydrogen-bond acceptors (Lipinski definition) is 4. The lowest BCUT2D eigenvalue weighted by atomic mass is 10.1. The van der Waals surface area contributed by atoms with E-state index in [0.717, 1.165) is 25.9 Å². The van der Waals surface area contributed by atoms with E-state index < -0.39 is 0 Å². The molecule has 1 N–H and O–H groups in total. The van der Waals surface area contributed by atoms with E-state index in [1.54, 1.807) is 12.3 Å². The van der Waals surface area contributed by atoms with Crippen molar-refractivity contribution in [1.82, 2.24) is 15.3 Å². The van der Waals surface area contributed by atoms with E-state index in [4.69, 9.17) is 16.3 Å². The molecule has 1 saturated heterocycles. The molecule has 0 radical (unpaired) electrons. The van der Waals surface area contributed by atoms with Crippen LogP contribution in [0.2, 0.25) is 5.28 Å². The Kier molecular flexibility index (Phi) is 5.08. The van der Waals surface area contributed by atoms with Crippen molar-refractivity contribution in [1.29, 1.82) is 0 Å². The van der Waals surface area contributed by atoms with Gasteiger partial charge >= 0.3 is 0 Å². The van der Waals surface area contributed by atoms with Crippen LogP contribution in [0.25, 0.3) is 0 Å². The Hall–Kier alpha value is -0.580. The molecule has 1 unspecified atom stereocenters. The average molecular weight is 250 g/mol. The summed E-state index contributed by atoms with van der Waals surface area (Å²) in [7, 11) is 0. The maximum absolute atomic E-state index is 5.64. The quantitative estimate of drug-likeness (QED) is 0.811. The number of nitrogens with zero attached hydrogens (tertiary/aromatic N) is 2. The van der Waals surface area contributed by atoms with Gasteiger partial charge in [-0.15, -0.1) is 12.4 Å². The van der Waals surface area contributed by atoms with E-state index in [2.05, 4.69) is 15.3 Å². The Morgan fingerprint density at radius 1 is 1.53 bits per heavy atom. The predicted octanol–water partition coefficient (Wildman–Crippen LogP) is 1.68. The van der Waals surface area contributed by atoms with Crippen molar-refractivity contribution in [2.45, 2.75) is 18.9 Å². The molecule has 1 aromatic heterocycles. The van der Waals surface area contributed by atoms with Crippen molar-refractivity contribution in [2.24, 2.45) is 0 Å². The fraction of sp³-hybridized carbons (Fsp3) is 0.556. The molecule has 1 fully saturated rings. The van der Waals surface area contributed by atoms with Crippen LogP contribution in [-0.2, 0) is 0 Å². The maximum atomic E-state index is 5.64. The number of ether oxygens (including phenoxy) is 1. The van der Waals surface area contributed by atoms with Gasteiger partial charge in [-0.25, -0.2) is 4.98 Å². The normalized spacial score (nSPS) is 20.5. The number of piperidine rings is 1. The van der Waals surface area contributed by atoms with Gasteiger partial charge in [0.25, 0.3) is 0 Å². The first-order valence-electron chi connectivity index (χ1n) is 4.70. The molecule has 15 heavy (non-hydrogen) atoms. The van der Waals surface area contributed by atoms with Gasteiger partial charge in [0, 0.05) is 18.8 Å². The largest absolute Gasteiger partial charge is 0.473 e. The minimum Gasteiger partial charge on any atom is -0.473 e. The first kappa shape index (κ1) is 12.5. The molecule has 1 atom stereocenters. The van der Waals surface area contributed by atoms with Crippen molar-refractivity contribution in [3.8, 4) is 5.88 Å². The van der Waals surface area contributed by atoms with Gasteiger partial charge in [0.05, 0.1) is 0 Å². The molecule has 0 saturated carbocycles. The topological polar surface area (TPSA) is 47.0 Å². The molecule has 1 aromatic rings. The third-order valence-electron chi connectivity index (χ3n) is 2.14. The van der Waals surface area contributed by atoms with Gasteiger partial charge in [-0.1, -0.05) is 0 Å². The number of halogens is 2. The van der Waals surface area contributed by atoms with Crippen molar-refractivity contribution >= 4 is 24.0 Å². The molecule has 2 rings (SSSR count). The molecule has 0 aromatic carbocycles. The van der Waals surface area contributed by atoms with Crippen LogP contribution in [0.15, 0.2) is 12.3 Å². The first-order valence-corrected chi connectivity index (χ1v) is 5.08. The molecule has 4 nitrogen and oxygen atoms in total. The van der Waals surface area contributed by atoms with Crippen LogP contribution in [-0.4, -0.2) is 29.2 Å². The zero-order valence-corrected chi connectivity index (χ0v) is 9.72. The summed E-state index contributed by atoms with van der Waals surface area (Å²) in [4.78, 5) is 7.76. The molecular weight excluding hydrogens is 237 g/mol. The van der Waals surface area contributed by atoms with Crippen LogP contribution in [0, 0.1) is 0 Å². The number of nitrogens with one attached hydrogen (secondary N) is 1. The number of aromatic nitrogens is 2. The molecule has 0 amide bonds. The minimum absolute atomic E-state index is 0. The van der Waals surface area contributed by atoms with Crippen LogP contribution in [0.4, 0.5) is 0 Å². The fourth-order valence-electron chi connectivity index (χ4n) is 1.48. The van der Waals surface area contributed by atoms with Crippen LogP contribution >= 0.6 is 24.0 Å². The molecule has 2 heterocycles. The zero-order chi connectivity index (χ0) is 9.80. The van der Waals surface area contributed by atoms with Crippen LogP contribution in [0.1, 0.15) is 12.8 Å². The highest BCUT2D eigenvalue weighted by Crippen LogP contribution is 2.13. The standard InChI is InChI=1S/C9H12ClN3O.ClH/c10-9-12-5-3-8(13-9)14-7-2-1-4-11-6-7;/h3,5,7,11H,1-2,4,6H2;1H. The molecule has 0 aliphatic carbocycles. The highest BCUT2D eigenvalue weighted by atomic mass is 35.5. The molecule has 1 aliphatic heterocycles. The molecule has 0 bridgehead atoms. The third-order valence-corrected chi connectivity index (χ3v) is 2.32. The van der Waals surface area contributed by atoms with Crippen LogP contribution in [0.5, 0.6) is 5.88 Å². The molecule has 84 valence electrons. The average Bonchev–Trinajstić information content (AvgIpc) is 2.19. The second kappa shape index (κ2) is 6.10. The highest BCUT2D eigenvalue weighted by molar-refractivity contribution is 6.28. The monoisotopic (exact) mass is 249 g/mol. The summed E-state index contributed by atoms with van der Waals surface area (Å²) in [6.45, 7) is 1.95. The number of rotatable bonds is 2. The van der Waals surface area contributed by atoms with Crippen molar-refractivity contribution in [3.05, 3.63) is 17.5 Å². The maximum Gasteiger partial charge on any atom is 0.225 e. The van der Waals surface area contributed by atoms with Gasteiger partial charge in [0.2, 0.25) is 11.2 Å². The van der Waals surface area contributed by atoms with E-state index in [9.17, 15) is 0 Å². The van der Waals surface area contributed by atoms with Gasteiger partial charge in [-0.2, -0.15) is 4.98 Å². The highest BCUT2D eigenvalue weighted by Gasteiger charge is 2.14. The van der Waals surface area contributed by atoms with E-state index >= 15 is 0 Å².